The van der Waals surface area contributed by atoms with Crippen LogP contribution < -0.4 is 0 Å². The second kappa shape index (κ2) is 5.48. The van der Waals surface area contributed by atoms with Crippen LogP contribution in [0.4, 0.5) is 8.78 Å². The molecule has 0 saturated carbocycles. The normalized spacial score (nSPS) is 11.0. The van der Waals surface area contributed by atoms with E-state index in [1.807, 2.05) is 0 Å². The summed E-state index contributed by atoms with van der Waals surface area (Å²) in [5.74, 6) is -1.08. The van der Waals surface area contributed by atoms with Crippen molar-refractivity contribution in [3.63, 3.8) is 0 Å². The molecule has 22 heavy (non-hydrogen) atoms. The highest BCUT2D eigenvalue weighted by Gasteiger charge is 2.13. The van der Waals surface area contributed by atoms with Gasteiger partial charge in [-0.05, 0) is 24.3 Å². The number of aromatic nitrogens is 2. The van der Waals surface area contributed by atoms with Crippen LogP contribution >= 0.6 is 0 Å². The van der Waals surface area contributed by atoms with E-state index in [9.17, 15) is 18.7 Å². The van der Waals surface area contributed by atoms with Crippen molar-refractivity contribution in [3.05, 3.63) is 59.9 Å². The Hall–Kier alpha value is -2.89. The largest absolute Gasteiger partial charge is 0.478 e. The Kier molecular flexibility index (Phi) is 3.50. The first kappa shape index (κ1) is 14.1. The summed E-state index contributed by atoms with van der Waals surface area (Å²) in [6.07, 6.45) is -1.39. The molecule has 0 fully saturated rings. The summed E-state index contributed by atoms with van der Waals surface area (Å²) in [6.45, 7) is 0. The molecular weight excluding hydrogens is 290 g/mol. The van der Waals surface area contributed by atoms with E-state index in [1.165, 1.54) is 18.3 Å². The number of fused-ring (bicyclic) bond motifs is 1. The molecule has 0 amide bonds. The highest BCUT2D eigenvalue weighted by Crippen LogP contribution is 2.25. The number of benzene rings is 1. The fraction of sp³-hybridized carbons (Fsp3) is 0.0625. The molecule has 110 valence electrons. The summed E-state index contributed by atoms with van der Waals surface area (Å²) in [5.41, 5.74) is 0.939. The van der Waals surface area contributed by atoms with E-state index in [4.69, 9.17) is 0 Å². The quantitative estimate of drug-likeness (QED) is 0.796. The van der Waals surface area contributed by atoms with Gasteiger partial charge in [0, 0.05) is 17.1 Å². The molecule has 4 nitrogen and oxygen atoms in total. The van der Waals surface area contributed by atoms with Gasteiger partial charge in [-0.3, -0.25) is 4.98 Å². The molecule has 6 heteroatoms. The number of carboxylic acids is 1. The molecule has 0 radical (unpaired) electrons. The van der Waals surface area contributed by atoms with E-state index in [1.54, 1.807) is 30.3 Å². The SMILES string of the molecule is O=C(O)c1cccc2ccc(-c3ccnc(C(F)F)c3)nc12. The molecule has 0 aliphatic carbocycles. The zero-order valence-corrected chi connectivity index (χ0v) is 11.2. The smallest absolute Gasteiger partial charge is 0.337 e. The number of halogens is 2. The zero-order chi connectivity index (χ0) is 15.7. The number of carboxylic acid groups (broad SMARTS) is 1. The number of nitrogens with zero attached hydrogens (tertiary/aromatic N) is 2. The second-order valence-electron chi connectivity index (χ2n) is 4.65. The predicted octanol–water partition coefficient (Wildman–Crippen LogP) is 3.93. The summed E-state index contributed by atoms with van der Waals surface area (Å²) < 4.78 is 25.5. The van der Waals surface area contributed by atoms with Crippen molar-refractivity contribution in [1.82, 2.24) is 9.97 Å². The van der Waals surface area contributed by atoms with Gasteiger partial charge >= 0.3 is 5.97 Å². The number of hydrogen-bond donors (Lipinski definition) is 1. The third kappa shape index (κ3) is 2.50. The lowest BCUT2D eigenvalue weighted by molar-refractivity contribution is 0.0699. The molecule has 3 rings (SSSR count). The van der Waals surface area contributed by atoms with Gasteiger partial charge < -0.3 is 5.11 Å². The van der Waals surface area contributed by atoms with E-state index in [0.29, 0.717) is 22.2 Å². The van der Waals surface area contributed by atoms with E-state index >= 15 is 0 Å². The van der Waals surface area contributed by atoms with Crippen molar-refractivity contribution in [3.8, 4) is 11.3 Å². The summed E-state index contributed by atoms with van der Waals surface area (Å²) in [4.78, 5) is 19.2. The molecular formula is C16H10F2N2O2. The Balaban J connectivity index is 2.18. The number of pyridine rings is 2. The fourth-order valence-electron chi connectivity index (χ4n) is 2.21. The Morgan fingerprint density at radius 1 is 1.14 bits per heavy atom. The van der Waals surface area contributed by atoms with Gasteiger partial charge in [0.2, 0.25) is 0 Å². The van der Waals surface area contributed by atoms with Gasteiger partial charge in [0.1, 0.15) is 5.69 Å². The van der Waals surface area contributed by atoms with Crippen LogP contribution in [0.3, 0.4) is 0 Å². The molecule has 0 saturated heterocycles. The minimum absolute atomic E-state index is 0.0717. The Labute approximate surface area is 124 Å². The number of alkyl halides is 2. The van der Waals surface area contributed by atoms with Gasteiger partial charge in [0.15, 0.2) is 0 Å². The van der Waals surface area contributed by atoms with E-state index < -0.39 is 12.4 Å². The van der Waals surface area contributed by atoms with Crippen LogP contribution in [0.25, 0.3) is 22.2 Å². The molecule has 1 N–H and O–H groups in total. The minimum atomic E-state index is -2.67. The first-order valence-electron chi connectivity index (χ1n) is 6.44. The zero-order valence-electron chi connectivity index (χ0n) is 11.2. The Morgan fingerprint density at radius 3 is 2.68 bits per heavy atom. The lowest BCUT2D eigenvalue weighted by Gasteiger charge is -2.07. The van der Waals surface area contributed by atoms with Gasteiger partial charge in [-0.15, -0.1) is 0 Å². The Morgan fingerprint density at radius 2 is 1.95 bits per heavy atom. The topological polar surface area (TPSA) is 63.1 Å². The second-order valence-corrected chi connectivity index (χ2v) is 4.65. The summed E-state index contributed by atoms with van der Waals surface area (Å²) in [5, 5.41) is 9.88. The maximum absolute atomic E-state index is 12.7. The van der Waals surface area contributed by atoms with Gasteiger partial charge in [-0.2, -0.15) is 0 Å². The van der Waals surface area contributed by atoms with Crippen LogP contribution in [0.2, 0.25) is 0 Å². The van der Waals surface area contributed by atoms with Crippen LogP contribution in [0.1, 0.15) is 22.5 Å². The molecule has 3 aromatic rings. The molecule has 2 aromatic heterocycles. The molecule has 2 heterocycles. The molecule has 1 aromatic carbocycles. The van der Waals surface area contributed by atoms with E-state index in [0.717, 1.165) is 0 Å². The third-order valence-corrected chi connectivity index (χ3v) is 3.25. The average molecular weight is 300 g/mol. The number of carbonyl (C=O) groups is 1. The molecule has 0 aliphatic heterocycles. The average Bonchev–Trinajstić information content (AvgIpc) is 2.53. The highest BCUT2D eigenvalue weighted by molar-refractivity contribution is 6.02. The van der Waals surface area contributed by atoms with Gasteiger partial charge in [0.05, 0.1) is 16.8 Å². The molecule has 0 aliphatic rings. The first-order valence-corrected chi connectivity index (χ1v) is 6.44. The van der Waals surface area contributed by atoms with Gasteiger partial charge in [0.25, 0.3) is 6.43 Å². The highest BCUT2D eigenvalue weighted by atomic mass is 19.3. The minimum Gasteiger partial charge on any atom is -0.478 e. The van der Waals surface area contributed by atoms with Crippen molar-refractivity contribution >= 4 is 16.9 Å². The molecule has 0 atom stereocenters. The van der Waals surface area contributed by atoms with E-state index in [-0.39, 0.29) is 11.3 Å². The number of hydrogen-bond acceptors (Lipinski definition) is 3. The number of rotatable bonds is 3. The molecule has 0 spiro atoms. The van der Waals surface area contributed by atoms with E-state index in [2.05, 4.69) is 9.97 Å². The van der Waals surface area contributed by atoms with Crippen LogP contribution in [-0.2, 0) is 0 Å². The van der Waals surface area contributed by atoms with Crippen LogP contribution in [0.5, 0.6) is 0 Å². The van der Waals surface area contributed by atoms with Crippen molar-refractivity contribution in [2.24, 2.45) is 0 Å². The number of para-hydroxylation sites is 1. The van der Waals surface area contributed by atoms with Crippen molar-refractivity contribution in [2.75, 3.05) is 0 Å². The third-order valence-electron chi connectivity index (χ3n) is 3.25. The van der Waals surface area contributed by atoms with Crippen molar-refractivity contribution < 1.29 is 18.7 Å². The lowest BCUT2D eigenvalue weighted by atomic mass is 10.1. The maximum atomic E-state index is 12.7. The lowest BCUT2D eigenvalue weighted by Crippen LogP contribution is -1.99. The fourth-order valence-corrected chi connectivity index (χ4v) is 2.21. The number of aromatic carboxylic acids is 1. The van der Waals surface area contributed by atoms with Crippen molar-refractivity contribution in [1.29, 1.82) is 0 Å². The predicted molar refractivity (Wildman–Crippen MR) is 76.9 cm³/mol. The monoisotopic (exact) mass is 300 g/mol. The molecule has 0 unspecified atom stereocenters. The van der Waals surface area contributed by atoms with Crippen LogP contribution in [-0.4, -0.2) is 21.0 Å². The van der Waals surface area contributed by atoms with Crippen LogP contribution in [0, 0.1) is 0 Å². The standard InChI is InChI=1S/C16H10F2N2O2/c17-15(18)13-8-10(6-7-19-13)12-5-4-9-2-1-3-11(16(21)22)14(9)20-12/h1-8,15H,(H,21,22). The summed E-state index contributed by atoms with van der Waals surface area (Å²) in [7, 11) is 0. The van der Waals surface area contributed by atoms with Gasteiger partial charge in [-0.1, -0.05) is 18.2 Å². The molecule has 0 bridgehead atoms. The maximum Gasteiger partial charge on any atom is 0.337 e. The summed E-state index contributed by atoms with van der Waals surface area (Å²) >= 11 is 0. The first-order chi connectivity index (χ1) is 10.6. The van der Waals surface area contributed by atoms with Crippen molar-refractivity contribution in [2.45, 2.75) is 6.43 Å². The Bertz CT molecular complexity index is 866. The van der Waals surface area contributed by atoms with Crippen LogP contribution in [0.15, 0.2) is 48.7 Å². The summed E-state index contributed by atoms with van der Waals surface area (Å²) in [6, 6.07) is 11.0. The van der Waals surface area contributed by atoms with Gasteiger partial charge in [-0.25, -0.2) is 18.6 Å².